The number of benzene rings is 1. The highest BCUT2D eigenvalue weighted by atomic mass is 35.5. The van der Waals surface area contributed by atoms with Crippen molar-refractivity contribution in [2.45, 2.75) is 6.42 Å². The van der Waals surface area contributed by atoms with E-state index in [4.69, 9.17) is 11.6 Å². The van der Waals surface area contributed by atoms with Crippen LogP contribution in [0.1, 0.15) is 5.56 Å². The van der Waals surface area contributed by atoms with E-state index in [-0.39, 0.29) is 0 Å². The first-order chi connectivity index (χ1) is 7.22. The summed E-state index contributed by atoms with van der Waals surface area (Å²) in [4.78, 5) is 2.16. The Labute approximate surface area is 97.2 Å². The van der Waals surface area contributed by atoms with Crippen LogP contribution >= 0.6 is 11.6 Å². The van der Waals surface area contributed by atoms with Crippen LogP contribution < -0.4 is 5.32 Å². The third-order valence-corrected chi connectivity index (χ3v) is 2.41. The summed E-state index contributed by atoms with van der Waals surface area (Å²) in [5.41, 5.74) is 2.47. The third kappa shape index (κ3) is 5.05. The van der Waals surface area contributed by atoms with Crippen LogP contribution in [0.5, 0.6) is 0 Å². The number of hydrogen-bond donors (Lipinski definition) is 1. The van der Waals surface area contributed by atoms with Gasteiger partial charge in [-0.15, -0.1) is 11.6 Å². The van der Waals surface area contributed by atoms with Gasteiger partial charge in [0, 0.05) is 24.7 Å². The van der Waals surface area contributed by atoms with Gasteiger partial charge >= 0.3 is 0 Å². The fraction of sp³-hybridized carbons (Fsp3) is 0.500. The number of rotatable bonds is 6. The fourth-order valence-corrected chi connectivity index (χ4v) is 1.54. The van der Waals surface area contributed by atoms with E-state index in [9.17, 15) is 0 Å². The van der Waals surface area contributed by atoms with Gasteiger partial charge in [0.2, 0.25) is 0 Å². The first-order valence-electron chi connectivity index (χ1n) is 5.26. The minimum Gasteiger partial charge on any atom is -0.384 e. The van der Waals surface area contributed by atoms with Gasteiger partial charge in [0.15, 0.2) is 0 Å². The number of nitrogens with zero attached hydrogens (tertiary/aromatic N) is 1. The van der Waals surface area contributed by atoms with Crippen molar-refractivity contribution in [2.75, 3.05) is 38.4 Å². The summed E-state index contributed by atoms with van der Waals surface area (Å²) < 4.78 is 0. The van der Waals surface area contributed by atoms with Crippen LogP contribution in [-0.2, 0) is 6.42 Å². The molecule has 0 unspecified atom stereocenters. The van der Waals surface area contributed by atoms with Gasteiger partial charge in [0.1, 0.15) is 0 Å². The van der Waals surface area contributed by atoms with Crippen LogP contribution in [0.4, 0.5) is 5.69 Å². The normalized spacial score (nSPS) is 10.7. The molecule has 3 heteroatoms. The molecule has 0 fully saturated rings. The van der Waals surface area contributed by atoms with E-state index < -0.39 is 0 Å². The Bertz CT molecular complexity index is 269. The molecule has 0 aliphatic carbocycles. The maximum absolute atomic E-state index is 5.67. The predicted octanol–water partition coefficient (Wildman–Crippen LogP) is 2.44. The molecule has 0 saturated heterocycles. The van der Waals surface area contributed by atoms with E-state index >= 15 is 0 Å². The van der Waals surface area contributed by atoms with Gasteiger partial charge in [-0.3, -0.25) is 0 Å². The number of likely N-dealkylation sites (N-methyl/N-ethyl adjacent to an activating group) is 1. The molecule has 0 atom stereocenters. The molecule has 1 N–H and O–H groups in total. The fourth-order valence-electron chi connectivity index (χ4n) is 1.32. The zero-order valence-electron chi connectivity index (χ0n) is 9.46. The standard InChI is InChI=1S/C12H19ClN2/c1-15(2)10-9-14-12-5-3-11(4-6-12)7-8-13/h3-6,14H,7-10H2,1-2H3. The number of nitrogens with one attached hydrogen (secondary N) is 1. The molecule has 0 aliphatic rings. The molecule has 1 aromatic carbocycles. The lowest BCUT2D eigenvalue weighted by Gasteiger charge is -2.11. The molecule has 1 aromatic rings. The second kappa shape index (κ2) is 6.70. The lowest BCUT2D eigenvalue weighted by atomic mass is 10.1. The van der Waals surface area contributed by atoms with Crippen LogP contribution in [0.3, 0.4) is 0 Å². The maximum atomic E-state index is 5.67. The molecule has 0 heterocycles. The van der Waals surface area contributed by atoms with Crippen LogP contribution in [0.2, 0.25) is 0 Å². The van der Waals surface area contributed by atoms with E-state index in [0.717, 1.165) is 19.5 Å². The Balaban J connectivity index is 2.36. The Morgan fingerprint density at radius 1 is 1.20 bits per heavy atom. The molecule has 0 spiro atoms. The summed E-state index contributed by atoms with van der Waals surface area (Å²) in [5.74, 6) is 0.688. The van der Waals surface area contributed by atoms with Crippen molar-refractivity contribution in [3.63, 3.8) is 0 Å². The lowest BCUT2D eigenvalue weighted by molar-refractivity contribution is 0.425. The van der Waals surface area contributed by atoms with Crippen molar-refractivity contribution >= 4 is 17.3 Å². The summed E-state index contributed by atoms with van der Waals surface area (Å²) in [5, 5.41) is 3.37. The van der Waals surface area contributed by atoms with Gasteiger partial charge in [0.05, 0.1) is 0 Å². The topological polar surface area (TPSA) is 15.3 Å². The monoisotopic (exact) mass is 226 g/mol. The molecule has 0 aliphatic heterocycles. The molecule has 2 nitrogen and oxygen atoms in total. The zero-order chi connectivity index (χ0) is 11.1. The summed E-state index contributed by atoms with van der Waals surface area (Å²) in [7, 11) is 4.15. The van der Waals surface area contributed by atoms with Crippen LogP contribution in [0.25, 0.3) is 0 Å². The summed E-state index contributed by atoms with van der Waals surface area (Å²) in [6.07, 6.45) is 0.944. The molecule has 0 amide bonds. The Hall–Kier alpha value is -0.730. The molecular weight excluding hydrogens is 208 g/mol. The molecule has 0 saturated carbocycles. The molecule has 15 heavy (non-hydrogen) atoms. The Morgan fingerprint density at radius 3 is 2.40 bits per heavy atom. The van der Waals surface area contributed by atoms with Crippen molar-refractivity contribution in [1.29, 1.82) is 0 Å². The van der Waals surface area contributed by atoms with Crippen molar-refractivity contribution in [3.8, 4) is 0 Å². The van der Waals surface area contributed by atoms with Crippen molar-refractivity contribution in [3.05, 3.63) is 29.8 Å². The van der Waals surface area contributed by atoms with E-state index in [1.165, 1.54) is 11.3 Å². The average Bonchev–Trinajstić information content (AvgIpc) is 2.20. The average molecular weight is 227 g/mol. The summed E-state index contributed by atoms with van der Waals surface area (Å²) in [6, 6.07) is 8.47. The Morgan fingerprint density at radius 2 is 1.87 bits per heavy atom. The van der Waals surface area contributed by atoms with Gasteiger partial charge in [-0.05, 0) is 38.2 Å². The first kappa shape index (κ1) is 12.3. The SMILES string of the molecule is CN(C)CCNc1ccc(CCCl)cc1. The van der Waals surface area contributed by atoms with E-state index in [1.807, 2.05) is 0 Å². The molecule has 0 radical (unpaired) electrons. The lowest BCUT2D eigenvalue weighted by Crippen LogP contribution is -2.20. The second-order valence-corrected chi connectivity index (χ2v) is 4.24. The molecule has 84 valence electrons. The van der Waals surface area contributed by atoms with Crippen molar-refractivity contribution in [1.82, 2.24) is 4.90 Å². The van der Waals surface area contributed by atoms with Crippen LogP contribution in [-0.4, -0.2) is 38.0 Å². The minimum absolute atomic E-state index is 0.688. The van der Waals surface area contributed by atoms with E-state index in [0.29, 0.717) is 5.88 Å². The second-order valence-electron chi connectivity index (χ2n) is 3.87. The number of anilines is 1. The van der Waals surface area contributed by atoms with Gasteiger partial charge in [-0.1, -0.05) is 12.1 Å². The highest BCUT2D eigenvalue weighted by molar-refractivity contribution is 6.17. The van der Waals surface area contributed by atoms with E-state index in [1.54, 1.807) is 0 Å². The minimum atomic E-state index is 0.688. The molecular formula is C12H19ClN2. The Kier molecular flexibility index (Phi) is 5.51. The van der Waals surface area contributed by atoms with Crippen LogP contribution in [0, 0.1) is 0 Å². The van der Waals surface area contributed by atoms with Gasteiger partial charge in [-0.2, -0.15) is 0 Å². The maximum Gasteiger partial charge on any atom is 0.0340 e. The summed E-state index contributed by atoms with van der Waals surface area (Å²) >= 11 is 5.67. The highest BCUT2D eigenvalue weighted by Crippen LogP contribution is 2.09. The molecule has 0 bridgehead atoms. The number of hydrogen-bond acceptors (Lipinski definition) is 2. The number of halogens is 1. The van der Waals surface area contributed by atoms with Crippen molar-refractivity contribution < 1.29 is 0 Å². The number of alkyl halides is 1. The van der Waals surface area contributed by atoms with E-state index in [2.05, 4.69) is 48.6 Å². The smallest absolute Gasteiger partial charge is 0.0340 e. The molecule has 1 rings (SSSR count). The quantitative estimate of drug-likeness (QED) is 0.750. The molecule has 0 aromatic heterocycles. The first-order valence-corrected chi connectivity index (χ1v) is 5.79. The van der Waals surface area contributed by atoms with Gasteiger partial charge < -0.3 is 10.2 Å². The van der Waals surface area contributed by atoms with Crippen molar-refractivity contribution in [2.24, 2.45) is 0 Å². The zero-order valence-corrected chi connectivity index (χ0v) is 10.2. The van der Waals surface area contributed by atoms with Gasteiger partial charge in [0.25, 0.3) is 0 Å². The number of aryl methyl sites for hydroxylation is 1. The third-order valence-electron chi connectivity index (χ3n) is 2.23. The largest absolute Gasteiger partial charge is 0.384 e. The summed E-state index contributed by atoms with van der Waals surface area (Å²) in [6.45, 7) is 2.02. The van der Waals surface area contributed by atoms with Gasteiger partial charge in [-0.25, -0.2) is 0 Å². The predicted molar refractivity (Wildman–Crippen MR) is 67.9 cm³/mol. The van der Waals surface area contributed by atoms with Crippen LogP contribution in [0.15, 0.2) is 24.3 Å². The highest BCUT2D eigenvalue weighted by Gasteiger charge is 1.94.